The van der Waals surface area contributed by atoms with Crippen LogP contribution >= 0.6 is 0 Å². The Hall–Kier alpha value is -5.54. The number of hydrogen-bond donors (Lipinski definition) is 0. The van der Waals surface area contributed by atoms with E-state index in [1.165, 1.54) is 0 Å². The molecule has 0 spiro atoms. The Balaban J connectivity index is 1.98. The normalized spacial score (nSPS) is 14.9. The maximum Gasteiger partial charge on any atom is 0.127 e. The van der Waals surface area contributed by atoms with Gasteiger partial charge in [-0.1, -0.05) is 199 Å². The van der Waals surface area contributed by atoms with Crippen LogP contribution < -0.4 is 37.9 Å². The van der Waals surface area contributed by atoms with E-state index < -0.39 is 0 Å². The summed E-state index contributed by atoms with van der Waals surface area (Å²) in [4.78, 5) is 2.18. The second kappa shape index (κ2) is 36.9. The fraction of sp³-hybridized carbons (Fsp3) is 0.589. The minimum Gasteiger partial charge on any atom is -0.493 e. The highest BCUT2D eigenvalue weighted by Gasteiger charge is 2.19. The van der Waals surface area contributed by atoms with Gasteiger partial charge in [0.25, 0.3) is 0 Å². The number of ether oxygens (including phenoxy) is 8. The molecule has 0 aliphatic carbocycles. The number of rotatable bonds is 40. The molecular weight excluding hydrogens is 1020 g/mol. The third-order valence-electron chi connectivity index (χ3n) is 16.0. The molecule has 0 unspecified atom stereocenters. The summed E-state index contributed by atoms with van der Waals surface area (Å²) < 4.78 is 53.4. The highest BCUT2D eigenvalue weighted by atomic mass is 16.5. The standard InChI is InChI=1S/C73H111NO8/c1-19-51(9)43-75-66-33-34-67(76-44-52(10)20-2)59(35-66)27-28-60-36-69(78-46-54(12)22-4)61(37-68(60)77-45-53(11)21-3)29-30-62-38-71(80-48-56(14)24-6)63(39-70(62)79-47-55(13)23-5)31-32-64-40-73(82-50-58(16)26-8)65(42-74(17)18)41-72(64)81-49-57(15)25-7/h27-41,51-58H,19-26,42-50H2,1-18H3/b28-27+,30-29+,32-31+/t51-,52-,53-,54-,55-,56-,57-,58-/m0/s1. The first-order valence-electron chi connectivity index (χ1n) is 31.7. The lowest BCUT2D eigenvalue weighted by Gasteiger charge is -2.21. The highest BCUT2D eigenvalue weighted by molar-refractivity contribution is 5.83. The smallest absolute Gasteiger partial charge is 0.127 e. The van der Waals surface area contributed by atoms with Gasteiger partial charge in [-0.3, -0.25) is 0 Å². The second-order valence-corrected chi connectivity index (χ2v) is 24.4. The summed E-state index contributed by atoms with van der Waals surface area (Å²) in [5.74, 6) is 9.61. The topological polar surface area (TPSA) is 77.1 Å². The molecule has 9 heteroatoms. The van der Waals surface area contributed by atoms with Crippen LogP contribution in [-0.4, -0.2) is 71.9 Å². The number of nitrogens with zero attached hydrogens (tertiary/aromatic N) is 1. The van der Waals surface area contributed by atoms with Crippen LogP contribution in [0.15, 0.2) is 54.6 Å². The monoisotopic (exact) mass is 1130 g/mol. The fourth-order valence-corrected chi connectivity index (χ4v) is 7.90. The first kappa shape index (κ1) is 69.0. The van der Waals surface area contributed by atoms with Crippen LogP contribution in [0.3, 0.4) is 0 Å². The second-order valence-electron chi connectivity index (χ2n) is 24.4. The Morgan fingerprint density at radius 3 is 0.805 bits per heavy atom. The van der Waals surface area contributed by atoms with Gasteiger partial charge < -0.3 is 42.8 Å². The molecule has 82 heavy (non-hydrogen) atoms. The van der Waals surface area contributed by atoms with Crippen LogP contribution in [0.2, 0.25) is 0 Å². The van der Waals surface area contributed by atoms with Crippen molar-refractivity contribution in [3.05, 3.63) is 93.5 Å². The van der Waals surface area contributed by atoms with Crippen molar-refractivity contribution < 1.29 is 37.9 Å². The molecule has 0 saturated heterocycles. The van der Waals surface area contributed by atoms with Crippen LogP contribution in [0.4, 0.5) is 0 Å². The van der Waals surface area contributed by atoms with Gasteiger partial charge in [-0.2, -0.15) is 0 Å². The summed E-state index contributed by atoms with van der Waals surface area (Å²) >= 11 is 0. The molecule has 4 aromatic carbocycles. The van der Waals surface area contributed by atoms with Crippen molar-refractivity contribution >= 4 is 36.5 Å². The zero-order valence-electron chi connectivity index (χ0n) is 54.5. The maximum atomic E-state index is 6.84. The predicted molar refractivity (Wildman–Crippen MR) is 350 cm³/mol. The summed E-state index contributed by atoms with van der Waals surface area (Å²) in [6, 6.07) is 19.1. The van der Waals surface area contributed by atoms with E-state index in [0.717, 1.165) is 143 Å². The lowest BCUT2D eigenvalue weighted by atomic mass is 10.0. The SMILES string of the molecule is CC[C@H](C)COc1ccc(OC[C@@H](C)CC)c(/C=C/c2cc(OC[C@@H](C)CC)c(/C=C/c3cc(OC[C@@H](C)CC)c(/C=C/c4cc(OC[C@@H](C)CC)c(CN(C)C)cc4OC[C@@H](C)CC)cc3OC[C@@H](C)CC)cc2OC[C@@H](C)CC)c1. The molecule has 9 nitrogen and oxygen atoms in total. The van der Waals surface area contributed by atoms with Crippen molar-refractivity contribution in [1.29, 1.82) is 0 Å². The van der Waals surface area contributed by atoms with E-state index in [9.17, 15) is 0 Å². The van der Waals surface area contributed by atoms with E-state index in [1.54, 1.807) is 0 Å². The summed E-state index contributed by atoms with van der Waals surface area (Å²) in [5.41, 5.74) is 6.66. The Morgan fingerprint density at radius 2 is 0.524 bits per heavy atom. The average Bonchev–Trinajstić information content (AvgIpc) is 3.52. The first-order chi connectivity index (χ1) is 39.4. The van der Waals surface area contributed by atoms with Crippen LogP contribution in [-0.2, 0) is 6.54 Å². The minimum atomic E-state index is 0.352. The molecule has 0 fully saturated rings. The molecule has 0 N–H and O–H groups in total. The van der Waals surface area contributed by atoms with E-state index in [2.05, 4.69) is 209 Å². The molecule has 0 radical (unpaired) electrons. The lowest BCUT2D eigenvalue weighted by molar-refractivity contribution is 0.245. The lowest BCUT2D eigenvalue weighted by Crippen LogP contribution is -2.15. The summed E-state index contributed by atoms with van der Waals surface area (Å²) in [6.45, 7) is 41.1. The molecule has 8 atom stereocenters. The van der Waals surface area contributed by atoms with Crippen molar-refractivity contribution in [1.82, 2.24) is 4.90 Å². The van der Waals surface area contributed by atoms with Crippen molar-refractivity contribution in [2.75, 3.05) is 67.0 Å². The molecule has 456 valence electrons. The van der Waals surface area contributed by atoms with Crippen LogP contribution in [0.1, 0.15) is 201 Å². The van der Waals surface area contributed by atoms with Crippen LogP contribution in [0.25, 0.3) is 36.5 Å². The summed E-state index contributed by atoms with van der Waals surface area (Å²) in [7, 11) is 4.19. The molecule has 0 bridgehead atoms. The molecule has 0 aliphatic rings. The summed E-state index contributed by atoms with van der Waals surface area (Å²) in [6.07, 6.45) is 21.0. The predicted octanol–water partition coefficient (Wildman–Crippen LogP) is 19.7. The number of hydrogen-bond acceptors (Lipinski definition) is 9. The van der Waals surface area contributed by atoms with Crippen molar-refractivity contribution in [3.63, 3.8) is 0 Å². The number of benzene rings is 4. The third kappa shape index (κ3) is 23.6. The first-order valence-corrected chi connectivity index (χ1v) is 31.7. The van der Waals surface area contributed by atoms with Crippen molar-refractivity contribution in [2.45, 2.75) is 169 Å². The fourth-order valence-electron chi connectivity index (χ4n) is 7.90. The van der Waals surface area contributed by atoms with E-state index in [1.807, 2.05) is 12.1 Å². The van der Waals surface area contributed by atoms with Gasteiger partial charge in [0, 0.05) is 45.5 Å². The average molecular weight is 1130 g/mol. The van der Waals surface area contributed by atoms with Gasteiger partial charge in [0.15, 0.2) is 0 Å². The highest BCUT2D eigenvalue weighted by Crippen LogP contribution is 2.39. The van der Waals surface area contributed by atoms with Gasteiger partial charge in [-0.25, -0.2) is 0 Å². The quantitative estimate of drug-likeness (QED) is 0.0405. The third-order valence-corrected chi connectivity index (χ3v) is 16.0. The van der Waals surface area contributed by atoms with Crippen molar-refractivity contribution in [3.8, 4) is 46.0 Å². The molecule has 0 amide bonds. The van der Waals surface area contributed by atoms with Crippen molar-refractivity contribution in [2.24, 2.45) is 47.3 Å². The Kier molecular flexibility index (Phi) is 31.0. The Morgan fingerprint density at radius 1 is 0.293 bits per heavy atom. The van der Waals surface area contributed by atoms with Gasteiger partial charge in [0.05, 0.1) is 52.9 Å². The summed E-state index contributed by atoms with van der Waals surface area (Å²) in [5, 5.41) is 0. The van der Waals surface area contributed by atoms with Crippen LogP contribution in [0, 0.1) is 47.3 Å². The molecule has 4 aromatic rings. The van der Waals surface area contributed by atoms with Crippen LogP contribution in [0.5, 0.6) is 46.0 Å². The minimum absolute atomic E-state index is 0.352. The van der Waals surface area contributed by atoms with E-state index in [4.69, 9.17) is 37.9 Å². The van der Waals surface area contributed by atoms with E-state index in [0.29, 0.717) is 100 Å². The largest absolute Gasteiger partial charge is 0.493 e. The zero-order valence-corrected chi connectivity index (χ0v) is 54.5. The Labute approximate surface area is 499 Å². The van der Waals surface area contributed by atoms with Gasteiger partial charge in [-0.05, 0) is 116 Å². The van der Waals surface area contributed by atoms with Gasteiger partial charge in [-0.15, -0.1) is 0 Å². The molecule has 0 heterocycles. The maximum absolute atomic E-state index is 6.84. The van der Waals surface area contributed by atoms with Gasteiger partial charge in [0.1, 0.15) is 46.0 Å². The molecule has 0 aromatic heterocycles. The van der Waals surface area contributed by atoms with E-state index >= 15 is 0 Å². The zero-order chi connectivity index (χ0) is 60.1. The molecule has 0 aliphatic heterocycles. The molecule has 0 saturated carbocycles. The Bertz CT molecular complexity index is 2560. The molecular formula is C73H111NO8. The van der Waals surface area contributed by atoms with Gasteiger partial charge in [0.2, 0.25) is 0 Å². The van der Waals surface area contributed by atoms with E-state index in [-0.39, 0.29) is 0 Å². The molecule has 4 rings (SSSR count). The van der Waals surface area contributed by atoms with Gasteiger partial charge >= 0.3 is 0 Å².